The van der Waals surface area contributed by atoms with Crippen LogP contribution in [-0.4, -0.2) is 30.0 Å². The number of thiazole rings is 1. The van der Waals surface area contributed by atoms with Crippen molar-refractivity contribution in [2.24, 2.45) is 0 Å². The molecule has 0 spiro atoms. The van der Waals surface area contributed by atoms with Crippen LogP contribution < -0.4 is 10.2 Å². The zero-order valence-corrected chi connectivity index (χ0v) is 18.7. The Labute approximate surface area is 190 Å². The lowest BCUT2D eigenvalue weighted by atomic mass is 10.1. The maximum atomic E-state index is 12.5. The van der Waals surface area contributed by atoms with Crippen LogP contribution in [0.25, 0.3) is 10.2 Å². The number of benzene rings is 3. The van der Waals surface area contributed by atoms with Crippen molar-refractivity contribution < 1.29 is 14.3 Å². The van der Waals surface area contributed by atoms with Crippen molar-refractivity contribution in [3.05, 3.63) is 83.9 Å². The van der Waals surface area contributed by atoms with E-state index in [0.717, 1.165) is 32.7 Å². The number of aromatic nitrogens is 1. The molecule has 0 aliphatic heterocycles. The molecule has 1 heterocycles. The number of carbonyl (C=O) groups excluding carboxylic acids is 2. The average molecular weight is 446 g/mol. The zero-order chi connectivity index (χ0) is 22.5. The van der Waals surface area contributed by atoms with E-state index in [1.165, 1.54) is 11.3 Å². The van der Waals surface area contributed by atoms with E-state index in [2.05, 4.69) is 16.4 Å². The number of hydrogen-bond acceptors (Lipinski definition) is 6. The number of hydrogen-bond donors (Lipinski definition) is 1. The zero-order valence-electron chi connectivity index (χ0n) is 17.9. The molecule has 32 heavy (non-hydrogen) atoms. The second-order valence-electron chi connectivity index (χ2n) is 7.41. The number of nitrogens with one attached hydrogen (secondary N) is 1. The third-order valence-electron chi connectivity index (χ3n) is 4.86. The lowest BCUT2D eigenvalue weighted by molar-refractivity contribution is -0.145. The molecule has 0 aliphatic carbocycles. The van der Waals surface area contributed by atoms with Crippen LogP contribution in [0.4, 0.5) is 16.5 Å². The van der Waals surface area contributed by atoms with E-state index in [0.29, 0.717) is 5.13 Å². The number of anilines is 3. The molecule has 0 unspecified atom stereocenters. The Morgan fingerprint density at radius 2 is 1.59 bits per heavy atom. The first-order valence-corrected chi connectivity index (χ1v) is 11.0. The van der Waals surface area contributed by atoms with Gasteiger partial charge in [0.2, 0.25) is 0 Å². The highest BCUT2D eigenvalue weighted by molar-refractivity contribution is 7.22. The Morgan fingerprint density at radius 3 is 2.22 bits per heavy atom. The van der Waals surface area contributed by atoms with E-state index in [-0.39, 0.29) is 13.2 Å². The van der Waals surface area contributed by atoms with Gasteiger partial charge < -0.3 is 9.64 Å². The minimum atomic E-state index is -0.497. The van der Waals surface area contributed by atoms with Gasteiger partial charge in [-0.3, -0.25) is 14.9 Å². The highest BCUT2D eigenvalue weighted by Crippen LogP contribution is 2.29. The highest BCUT2D eigenvalue weighted by Gasteiger charge is 2.17. The summed E-state index contributed by atoms with van der Waals surface area (Å²) in [6.45, 7) is 3.64. The maximum Gasteiger partial charge on any atom is 0.326 e. The number of nitrogens with zero attached hydrogens (tertiary/aromatic N) is 2. The van der Waals surface area contributed by atoms with Gasteiger partial charge in [0.25, 0.3) is 5.91 Å². The van der Waals surface area contributed by atoms with Crippen LogP contribution in [0.15, 0.2) is 72.8 Å². The number of fused-ring (bicyclic) bond motifs is 1. The SMILES string of the molecule is Cc1cc(C)c2nc(NC(=O)COC(=O)CN(c3ccccc3)c3ccccc3)sc2c1. The molecule has 0 bridgehead atoms. The molecule has 1 amide bonds. The quantitative estimate of drug-likeness (QED) is 0.394. The average Bonchev–Trinajstić information content (AvgIpc) is 3.20. The lowest BCUT2D eigenvalue weighted by Gasteiger charge is -2.23. The smallest absolute Gasteiger partial charge is 0.326 e. The predicted octanol–water partition coefficient (Wildman–Crippen LogP) is 5.23. The minimum absolute atomic E-state index is 0.0130. The summed E-state index contributed by atoms with van der Waals surface area (Å²) < 4.78 is 6.26. The summed E-state index contributed by atoms with van der Waals surface area (Å²) in [7, 11) is 0. The normalized spacial score (nSPS) is 10.7. The van der Waals surface area contributed by atoms with Gasteiger partial charge >= 0.3 is 5.97 Å². The summed E-state index contributed by atoms with van der Waals surface area (Å²) in [6.07, 6.45) is 0. The molecular formula is C25H23N3O3S. The van der Waals surface area contributed by atoms with Crippen LogP contribution >= 0.6 is 11.3 Å². The van der Waals surface area contributed by atoms with Crippen LogP contribution in [0, 0.1) is 13.8 Å². The fraction of sp³-hybridized carbons (Fsp3) is 0.160. The van der Waals surface area contributed by atoms with E-state index >= 15 is 0 Å². The van der Waals surface area contributed by atoms with Gasteiger partial charge in [-0.25, -0.2) is 4.98 Å². The van der Waals surface area contributed by atoms with Gasteiger partial charge in [-0.2, -0.15) is 0 Å². The molecule has 0 radical (unpaired) electrons. The van der Waals surface area contributed by atoms with E-state index in [9.17, 15) is 9.59 Å². The van der Waals surface area contributed by atoms with E-state index in [4.69, 9.17) is 4.74 Å². The Balaban J connectivity index is 1.38. The monoisotopic (exact) mass is 445 g/mol. The molecule has 1 aromatic heterocycles. The second kappa shape index (κ2) is 9.62. The van der Waals surface area contributed by atoms with E-state index < -0.39 is 11.9 Å². The molecular weight excluding hydrogens is 422 g/mol. The molecule has 0 fully saturated rings. The summed E-state index contributed by atoms with van der Waals surface area (Å²) in [4.78, 5) is 31.2. The summed E-state index contributed by atoms with van der Waals surface area (Å²) in [5.41, 5.74) is 4.80. The van der Waals surface area contributed by atoms with Gasteiger partial charge in [0, 0.05) is 11.4 Å². The van der Waals surface area contributed by atoms with Crippen molar-refractivity contribution in [2.45, 2.75) is 13.8 Å². The van der Waals surface area contributed by atoms with Gasteiger partial charge in [-0.1, -0.05) is 53.8 Å². The van der Waals surface area contributed by atoms with E-state index in [1.807, 2.05) is 85.5 Å². The number of para-hydroxylation sites is 2. The third kappa shape index (κ3) is 5.12. The fourth-order valence-corrected chi connectivity index (χ4v) is 4.51. The molecule has 162 valence electrons. The number of aryl methyl sites for hydroxylation is 2. The minimum Gasteiger partial charge on any atom is -0.454 e. The van der Waals surface area contributed by atoms with Crippen molar-refractivity contribution in [1.82, 2.24) is 4.98 Å². The number of carbonyl (C=O) groups is 2. The molecule has 7 heteroatoms. The predicted molar refractivity (Wildman–Crippen MR) is 129 cm³/mol. The second-order valence-corrected chi connectivity index (χ2v) is 8.44. The lowest BCUT2D eigenvalue weighted by Crippen LogP contribution is -2.29. The van der Waals surface area contributed by atoms with Crippen molar-refractivity contribution in [3.63, 3.8) is 0 Å². The third-order valence-corrected chi connectivity index (χ3v) is 5.78. The molecule has 0 saturated carbocycles. The maximum absolute atomic E-state index is 12.5. The number of amides is 1. The Morgan fingerprint density at radius 1 is 0.969 bits per heavy atom. The fourth-order valence-electron chi connectivity index (χ4n) is 3.45. The highest BCUT2D eigenvalue weighted by atomic mass is 32.1. The number of rotatable bonds is 7. The van der Waals surface area contributed by atoms with Crippen LogP contribution in [0.5, 0.6) is 0 Å². The number of ether oxygens (including phenoxy) is 1. The van der Waals surface area contributed by atoms with Crippen LogP contribution in [0.2, 0.25) is 0 Å². The molecule has 1 N–H and O–H groups in total. The Bertz CT molecular complexity index is 1200. The standard InChI is InChI=1S/C25H23N3O3S/c1-17-13-18(2)24-21(14-17)32-25(27-24)26-22(29)16-31-23(30)15-28(19-9-5-3-6-10-19)20-11-7-4-8-12-20/h3-14H,15-16H2,1-2H3,(H,26,27,29). The topological polar surface area (TPSA) is 71.5 Å². The van der Waals surface area contributed by atoms with E-state index in [1.54, 1.807) is 0 Å². The summed E-state index contributed by atoms with van der Waals surface area (Å²) >= 11 is 1.40. The molecule has 4 rings (SSSR count). The van der Waals surface area contributed by atoms with Crippen molar-refractivity contribution in [1.29, 1.82) is 0 Å². The molecule has 0 saturated heterocycles. The van der Waals surface area contributed by atoms with Crippen molar-refractivity contribution in [2.75, 3.05) is 23.4 Å². The Hall–Kier alpha value is -3.71. The van der Waals surface area contributed by atoms with Gasteiger partial charge in [-0.15, -0.1) is 0 Å². The van der Waals surface area contributed by atoms with Crippen molar-refractivity contribution in [3.8, 4) is 0 Å². The first kappa shape index (κ1) is 21.5. The first-order valence-electron chi connectivity index (χ1n) is 10.2. The number of esters is 1. The summed E-state index contributed by atoms with van der Waals surface area (Å²) in [5, 5.41) is 3.22. The van der Waals surface area contributed by atoms with Gasteiger partial charge in [-0.05, 0) is 55.3 Å². The van der Waals surface area contributed by atoms with Crippen LogP contribution in [0.3, 0.4) is 0 Å². The Kier molecular flexibility index (Phi) is 6.47. The largest absolute Gasteiger partial charge is 0.454 e. The van der Waals surface area contributed by atoms with Gasteiger partial charge in [0.15, 0.2) is 11.7 Å². The molecule has 4 aromatic rings. The molecule has 0 atom stereocenters. The van der Waals surface area contributed by atoms with Gasteiger partial charge in [0.1, 0.15) is 6.54 Å². The van der Waals surface area contributed by atoms with Crippen LogP contribution in [-0.2, 0) is 14.3 Å². The molecule has 3 aromatic carbocycles. The van der Waals surface area contributed by atoms with Crippen molar-refractivity contribution >= 4 is 49.9 Å². The first-order chi connectivity index (χ1) is 15.5. The molecule has 6 nitrogen and oxygen atoms in total. The summed E-state index contributed by atoms with van der Waals surface area (Å²) in [6, 6.07) is 23.2. The van der Waals surface area contributed by atoms with Gasteiger partial charge in [0.05, 0.1) is 10.2 Å². The van der Waals surface area contributed by atoms with Crippen LogP contribution in [0.1, 0.15) is 11.1 Å². The molecule has 0 aliphatic rings. The summed E-state index contributed by atoms with van der Waals surface area (Å²) in [5.74, 6) is -0.915.